The van der Waals surface area contributed by atoms with Gasteiger partial charge in [-0.25, -0.2) is 0 Å². The first-order valence-corrected chi connectivity index (χ1v) is 5.77. The summed E-state index contributed by atoms with van der Waals surface area (Å²) in [4.78, 5) is 4.52. The molecule has 0 aromatic rings. The second kappa shape index (κ2) is 3.69. The summed E-state index contributed by atoms with van der Waals surface area (Å²) in [6, 6.07) is 0.620. The Kier molecular flexibility index (Phi) is 2.59. The smallest absolute Gasteiger partial charge is 0.156 e. The maximum absolute atomic E-state index is 4.52. The molecule has 1 saturated heterocycles. The van der Waals surface area contributed by atoms with Gasteiger partial charge >= 0.3 is 0 Å². The van der Waals surface area contributed by atoms with E-state index in [9.17, 15) is 0 Å². The molecule has 0 aromatic heterocycles. The second-order valence-electron chi connectivity index (χ2n) is 3.78. The summed E-state index contributed by atoms with van der Waals surface area (Å²) in [5.74, 6) is 2.20. The summed E-state index contributed by atoms with van der Waals surface area (Å²) < 4.78 is 0. The van der Waals surface area contributed by atoms with Crippen molar-refractivity contribution < 1.29 is 0 Å². The minimum Gasteiger partial charge on any atom is -0.362 e. The van der Waals surface area contributed by atoms with Gasteiger partial charge in [-0.05, 0) is 19.3 Å². The van der Waals surface area contributed by atoms with Crippen LogP contribution in [0.4, 0.5) is 0 Å². The lowest BCUT2D eigenvalue weighted by Crippen LogP contribution is -2.23. The van der Waals surface area contributed by atoms with Gasteiger partial charge in [-0.3, -0.25) is 4.99 Å². The van der Waals surface area contributed by atoms with Crippen molar-refractivity contribution in [2.45, 2.75) is 32.2 Å². The largest absolute Gasteiger partial charge is 0.362 e. The predicted octanol–water partition coefficient (Wildman–Crippen LogP) is 1.87. The Hall–Kier alpha value is -0.180. The van der Waals surface area contributed by atoms with E-state index in [1.165, 1.54) is 30.2 Å². The van der Waals surface area contributed by atoms with Crippen LogP contribution in [0, 0.1) is 5.92 Å². The fraction of sp³-hybridized carbons (Fsp3) is 0.889. The third kappa shape index (κ3) is 2.41. The molecule has 2 fully saturated rings. The van der Waals surface area contributed by atoms with Gasteiger partial charge in [-0.1, -0.05) is 24.6 Å². The number of rotatable bonds is 3. The van der Waals surface area contributed by atoms with Gasteiger partial charge in [0, 0.05) is 18.3 Å². The first-order valence-electron chi connectivity index (χ1n) is 4.78. The molecular formula is C9H16N2S. The van der Waals surface area contributed by atoms with Crippen LogP contribution in [0.5, 0.6) is 0 Å². The molecule has 68 valence electrons. The van der Waals surface area contributed by atoms with Crippen molar-refractivity contribution in [3.63, 3.8) is 0 Å². The lowest BCUT2D eigenvalue weighted by molar-refractivity contribution is 0.728. The quantitative estimate of drug-likeness (QED) is 0.724. The molecule has 0 aromatic carbocycles. The maximum atomic E-state index is 4.52. The molecule has 0 radical (unpaired) electrons. The van der Waals surface area contributed by atoms with E-state index in [0.29, 0.717) is 6.04 Å². The van der Waals surface area contributed by atoms with Crippen molar-refractivity contribution in [3.05, 3.63) is 0 Å². The van der Waals surface area contributed by atoms with Crippen molar-refractivity contribution >= 4 is 16.9 Å². The highest BCUT2D eigenvalue weighted by Gasteiger charge is 2.20. The molecule has 2 nitrogen and oxygen atoms in total. The van der Waals surface area contributed by atoms with Gasteiger partial charge in [-0.15, -0.1) is 0 Å². The number of hydrogen-bond donors (Lipinski definition) is 1. The van der Waals surface area contributed by atoms with Gasteiger partial charge < -0.3 is 5.32 Å². The summed E-state index contributed by atoms with van der Waals surface area (Å²) in [7, 11) is 0. The fourth-order valence-corrected chi connectivity index (χ4v) is 2.30. The van der Waals surface area contributed by atoms with Crippen LogP contribution in [-0.2, 0) is 0 Å². The van der Waals surface area contributed by atoms with Gasteiger partial charge in [0.25, 0.3) is 0 Å². The standard InChI is InChI=1S/C9H16N2S/c1-7-6-12-9(11-7)10-5-4-8-2-3-8/h7-8H,2-6H2,1H3,(H,10,11). The average molecular weight is 184 g/mol. The van der Waals surface area contributed by atoms with Crippen molar-refractivity contribution in [2.24, 2.45) is 10.9 Å². The predicted molar refractivity (Wildman–Crippen MR) is 54.7 cm³/mol. The first kappa shape index (κ1) is 8.42. The zero-order valence-electron chi connectivity index (χ0n) is 7.55. The Bertz CT molecular complexity index is 187. The molecule has 3 heteroatoms. The third-order valence-corrected chi connectivity index (χ3v) is 3.52. The van der Waals surface area contributed by atoms with E-state index in [0.717, 1.165) is 12.5 Å². The van der Waals surface area contributed by atoms with E-state index in [4.69, 9.17) is 0 Å². The summed E-state index contributed by atoms with van der Waals surface area (Å²) in [5.41, 5.74) is 0. The molecule has 2 rings (SSSR count). The Labute approximate surface area is 78.2 Å². The fourth-order valence-electron chi connectivity index (χ4n) is 1.34. The minimum atomic E-state index is 0.620. The minimum absolute atomic E-state index is 0.620. The van der Waals surface area contributed by atoms with Gasteiger partial charge in [0.2, 0.25) is 0 Å². The molecule has 1 N–H and O–H groups in total. The van der Waals surface area contributed by atoms with Crippen LogP contribution in [0.3, 0.4) is 0 Å². The second-order valence-corrected chi connectivity index (χ2v) is 4.78. The van der Waals surface area contributed by atoms with E-state index in [2.05, 4.69) is 17.2 Å². The van der Waals surface area contributed by atoms with Crippen molar-refractivity contribution in [3.8, 4) is 0 Å². The zero-order valence-corrected chi connectivity index (χ0v) is 8.36. The normalized spacial score (nSPS) is 32.4. The molecule has 2 aliphatic rings. The molecule has 1 aliphatic carbocycles. The Morgan fingerprint density at radius 3 is 3.00 bits per heavy atom. The van der Waals surface area contributed by atoms with Crippen LogP contribution >= 0.6 is 11.8 Å². The maximum Gasteiger partial charge on any atom is 0.156 e. The van der Waals surface area contributed by atoms with Crippen LogP contribution in [0.2, 0.25) is 0 Å². The van der Waals surface area contributed by atoms with Gasteiger partial charge in [-0.2, -0.15) is 0 Å². The summed E-state index contributed by atoms with van der Waals surface area (Å²) >= 11 is 1.86. The molecule has 0 bridgehead atoms. The van der Waals surface area contributed by atoms with E-state index < -0.39 is 0 Å². The molecule has 12 heavy (non-hydrogen) atoms. The number of hydrogen-bond acceptors (Lipinski definition) is 2. The van der Waals surface area contributed by atoms with Crippen LogP contribution in [-0.4, -0.2) is 23.5 Å². The summed E-state index contributed by atoms with van der Waals surface area (Å²) in [6.07, 6.45) is 4.20. The SMILES string of the molecule is CC1CSC(=NCCC2CC2)N1. The van der Waals surface area contributed by atoms with E-state index in [1.54, 1.807) is 0 Å². The molecular weight excluding hydrogens is 168 g/mol. The highest BCUT2D eigenvalue weighted by molar-refractivity contribution is 8.14. The molecule has 1 saturated carbocycles. The molecule has 1 unspecified atom stereocenters. The zero-order chi connectivity index (χ0) is 8.39. The summed E-state index contributed by atoms with van der Waals surface area (Å²) in [6.45, 7) is 3.24. The third-order valence-electron chi connectivity index (χ3n) is 2.33. The Morgan fingerprint density at radius 1 is 1.58 bits per heavy atom. The number of aliphatic imine (C=N–C) groups is 1. The highest BCUT2D eigenvalue weighted by Crippen LogP contribution is 2.32. The van der Waals surface area contributed by atoms with Crippen LogP contribution < -0.4 is 5.32 Å². The molecule has 0 spiro atoms. The number of nitrogens with one attached hydrogen (secondary N) is 1. The van der Waals surface area contributed by atoms with Crippen LogP contribution in [0.15, 0.2) is 4.99 Å². The molecule has 1 aliphatic heterocycles. The van der Waals surface area contributed by atoms with Crippen molar-refractivity contribution in [1.82, 2.24) is 5.32 Å². The van der Waals surface area contributed by atoms with Crippen LogP contribution in [0.1, 0.15) is 26.2 Å². The number of amidine groups is 1. The first-order chi connectivity index (χ1) is 5.84. The van der Waals surface area contributed by atoms with Gasteiger partial charge in [0.1, 0.15) is 0 Å². The van der Waals surface area contributed by atoms with Crippen molar-refractivity contribution in [1.29, 1.82) is 0 Å². The highest BCUT2D eigenvalue weighted by atomic mass is 32.2. The monoisotopic (exact) mass is 184 g/mol. The summed E-state index contributed by atoms with van der Waals surface area (Å²) in [5, 5.41) is 4.53. The number of thioether (sulfide) groups is 1. The van der Waals surface area contributed by atoms with E-state index in [1.807, 2.05) is 11.8 Å². The van der Waals surface area contributed by atoms with E-state index >= 15 is 0 Å². The lowest BCUT2D eigenvalue weighted by atomic mass is 10.3. The molecule has 1 heterocycles. The van der Waals surface area contributed by atoms with Gasteiger partial charge in [0.05, 0.1) is 0 Å². The topological polar surface area (TPSA) is 24.4 Å². The van der Waals surface area contributed by atoms with Crippen molar-refractivity contribution in [2.75, 3.05) is 12.3 Å². The molecule has 1 atom stereocenters. The lowest BCUT2D eigenvalue weighted by Gasteiger charge is -2.00. The van der Waals surface area contributed by atoms with E-state index in [-0.39, 0.29) is 0 Å². The molecule has 0 amide bonds. The van der Waals surface area contributed by atoms with Gasteiger partial charge in [0.15, 0.2) is 5.17 Å². The Balaban J connectivity index is 1.68. The number of nitrogens with zero attached hydrogens (tertiary/aromatic N) is 1. The average Bonchev–Trinajstić information content (AvgIpc) is 2.76. The van der Waals surface area contributed by atoms with Crippen LogP contribution in [0.25, 0.3) is 0 Å². The Morgan fingerprint density at radius 2 is 2.42 bits per heavy atom.